The fourth-order valence-electron chi connectivity index (χ4n) is 2.50. The molecule has 2 nitrogen and oxygen atoms in total. The van der Waals surface area contributed by atoms with Crippen molar-refractivity contribution in [1.82, 2.24) is 4.90 Å². The predicted octanol–water partition coefficient (Wildman–Crippen LogP) is 4.08. The Balaban J connectivity index is 2.69. The lowest BCUT2D eigenvalue weighted by Gasteiger charge is -2.25. The molecule has 0 bridgehead atoms. The van der Waals surface area contributed by atoms with Crippen molar-refractivity contribution in [2.45, 2.75) is 53.5 Å². The molecule has 0 fully saturated rings. The Morgan fingerprint density at radius 3 is 1.90 bits per heavy atom. The summed E-state index contributed by atoms with van der Waals surface area (Å²) >= 11 is 0. The van der Waals surface area contributed by atoms with Crippen molar-refractivity contribution in [2.75, 3.05) is 19.6 Å². The van der Waals surface area contributed by atoms with Gasteiger partial charge in [0.2, 0.25) is 0 Å². The van der Waals surface area contributed by atoms with Crippen LogP contribution in [0.5, 0.6) is 0 Å². The van der Waals surface area contributed by atoms with Gasteiger partial charge in [0.1, 0.15) is 0 Å². The maximum Gasteiger partial charge on any atom is 0.0236 e. The smallest absolute Gasteiger partial charge is 0.0236 e. The van der Waals surface area contributed by atoms with E-state index in [0.717, 1.165) is 31.3 Å². The van der Waals surface area contributed by atoms with Gasteiger partial charge in [-0.3, -0.25) is 4.90 Å². The highest BCUT2D eigenvalue weighted by atomic mass is 15.1. The molecule has 0 aliphatic heterocycles. The van der Waals surface area contributed by atoms with Crippen LogP contribution in [0.1, 0.15) is 51.7 Å². The van der Waals surface area contributed by atoms with Crippen LogP contribution < -0.4 is 5.73 Å². The highest BCUT2D eigenvalue weighted by Gasteiger charge is 2.10. The molecule has 1 rings (SSSR count). The Kier molecular flexibility index (Phi) is 8.63. The minimum absolute atomic E-state index is 0.731. The van der Waals surface area contributed by atoms with Gasteiger partial charge in [-0.15, -0.1) is 0 Å². The first-order valence-electron chi connectivity index (χ1n) is 8.52. The monoisotopic (exact) mass is 290 g/mol. The fraction of sp³-hybridized carbons (Fsp3) is 0.684. The van der Waals surface area contributed by atoms with Crippen LogP contribution in [0, 0.1) is 11.8 Å². The van der Waals surface area contributed by atoms with Crippen LogP contribution >= 0.6 is 0 Å². The maximum atomic E-state index is 5.74. The summed E-state index contributed by atoms with van der Waals surface area (Å²) in [6.45, 7) is 13.4. The van der Waals surface area contributed by atoms with Gasteiger partial charge < -0.3 is 5.73 Å². The molecular weight excluding hydrogens is 256 g/mol. The topological polar surface area (TPSA) is 29.3 Å². The Bertz CT molecular complexity index is 373. The molecule has 0 radical (unpaired) electrons. The molecule has 0 aromatic heterocycles. The molecule has 2 heteroatoms. The lowest BCUT2D eigenvalue weighted by molar-refractivity contribution is 0.235. The van der Waals surface area contributed by atoms with Gasteiger partial charge in [-0.05, 0) is 61.9 Å². The summed E-state index contributed by atoms with van der Waals surface area (Å²) in [5, 5.41) is 0. The van der Waals surface area contributed by atoms with Gasteiger partial charge in [-0.1, -0.05) is 52.0 Å². The van der Waals surface area contributed by atoms with Gasteiger partial charge >= 0.3 is 0 Å². The minimum Gasteiger partial charge on any atom is -0.330 e. The second-order valence-electron chi connectivity index (χ2n) is 6.95. The number of rotatable bonds is 10. The van der Waals surface area contributed by atoms with Crippen molar-refractivity contribution >= 4 is 0 Å². The van der Waals surface area contributed by atoms with Crippen molar-refractivity contribution in [3.05, 3.63) is 35.4 Å². The Labute approximate surface area is 131 Å². The van der Waals surface area contributed by atoms with Gasteiger partial charge in [0.15, 0.2) is 0 Å². The van der Waals surface area contributed by atoms with Crippen molar-refractivity contribution < 1.29 is 0 Å². The molecule has 120 valence electrons. The van der Waals surface area contributed by atoms with Crippen LogP contribution in [0.2, 0.25) is 0 Å². The van der Waals surface area contributed by atoms with E-state index >= 15 is 0 Å². The number of benzene rings is 1. The van der Waals surface area contributed by atoms with E-state index in [4.69, 9.17) is 5.73 Å². The van der Waals surface area contributed by atoms with Crippen LogP contribution in [0.15, 0.2) is 24.3 Å². The lowest BCUT2D eigenvalue weighted by Crippen LogP contribution is -2.28. The first kappa shape index (κ1) is 18.2. The van der Waals surface area contributed by atoms with E-state index in [1.165, 1.54) is 37.1 Å². The predicted molar refractivity (Wildman–Crippen MR) is 93.4 cm³/mol. The highest BCUT2D eigenvalue weighted by molar-refractivity contribution is 5.27. The molecule has 0 aliphatic carbocycles. The standard InChI is InChI=1S/C19H34N2/c1-16(2)10-13-21(14-11-17(3)4)15-19-8-6-5-7-18(19)9-12-20/h5-8,16-17H,9-15,20H2,1-4H3. The second-order valence-corrected chi connectivity index (χ2v) is 6.95. The third-order valence-corrected chi connectivity index (χ3v) is 3.97. The summed E-state index contributed by atoms with van der Waals surface area (Å²) in [5.74, 6) is 1.54. The van der Waals surface area contributed by atoms with E-state index in [1.807, 2.05) is 0 Å². The van der Waals surface area contributed by atoms with E-state index in [9.17, 15) is 0 Å². The average Bonchev–Trinajstić information content (AvgIpc) is 2.43. The van der Waals surface area contributed by atoms with E-state index < -0.39 is 0 Å². The number of hydrogen-bond donors (Lipinski definition) is 1. The van der Waals surface area contributed by atoms with Crippen LogP contribution in [-0.2, 0) is 13.0 Å². The molecule has 2 N–H and O–H groups in total. The van der Waals surface area contributed by atoms with Crippen LogP contribution in [0.25, 0.3) is 0 Å². The van der Waals surface area contributed by atoms with Crippen LogP contribution in [0.3, 0.4) is 0 Å². The van der Waals surface area contributed by atoms with Crippen molar-refractivity contribution in [2.24, 2.45) is 17.6 Å². The van der Waals surface area contributed by atoms with Crippen LogP contribution in [-0.4, -0.2) is 24.5 Å². The number of nitrogens with two attached hydrogens (primary N) is 1. The third-order valence-electron chi connectivity index (χ3n) is 3.97. The number of hydrogen-bond acceptors (Lipinski definition) is 2. The molecule has 1 aromatic rings. The SMILES string of the molecule is CC(C)CCN(CCC(C)C)Cc1ccccc1CCN. The third kappa shape index (κ3) is 7.63. The summed E-state index contributed by atoms with van der Waals surface area (Å²) in [6, 6.07) is 8.77. The van der Waals surface area contributed by atoms with Crippen molar-refractivity contribution in [1.29, 1.82) is 0 Å². The quantitative estimate of drug-likeness (QED) is 0.703. The zero-order valence-corrected chi connectivity index (χ0v) is 14.4. The zero-order valence-electron chi connectivity index (χ0n) is 14.4. The van der Waals surface area contributed by atoms with Gasteiger partial charge in [0.05, 0.1) is 0 Å². The van der Waals surface area contributed by atoms with E-state index in [2.05, 4.69) is 56.9 Å². The van der Waals surface area contributed by atoms with Crippen molar-refractivity contribution in [3.8, 4) is 0 Å². The Hall–Kier alpha value is -0.860. The van der Waals surface area contributed by atoms with Gasteiger partial charge in [0, 0.05) is 6.54 Å². The molecule has 0 spiro atoms. The second kappa shape index (κ2) is 9.97. The Morgan fingerprint density at radius 1 is 0.905 bits per heavy atom. The Morgan fingerprint density at radius 2 is 1.43 bits per heavy atom. The molecular formula is C19H34N2. The average molecular weight is 290 g/mol. The van der Waals surface area contributed by atoms with E-state index in [-0.39, 0.29) is 0 Å². The molecule has 0 unspecified atom stereocenters. The summed E-state index contributed by atoms with van der Waals surface area (Å²) in [5.41, 5.74) is 8.61. The first-order chi connectivity index (χ1) is 10.0. The molecule has 0 amide bonds. The van der Waals surface area contributed by atoms with Crippen LogP contribution in [0.4, 0.5) is 0 Å². The van der Waals surface area contributed by atoms with E-state index in [1.54, 1.807) is 0 Å². The molecule has 0 atom stereocenters. The lowest BCUT2D eigenvalue weighted by atomic mass is 10.0. The summed E-state index contributed by atoms with van der Waals surface area (Å²) in [7, 11) is 0. The van der Waals surface area contributed by atoms with Crippen molar-refractivity contribution in [3.63, 3.8) is 0 Å². The summed E-state index contributed by atoms with van der Waals surface area (Å²) in [4.78, 5) is 2.62. The summed E-state index contributed by atoms with van der Waals surface area (Å²) < 4.78 is 0. The largest absolute Gasteiger partial charge is 0.330 e. The first-order valence-corrected chi connectivity index (χ1v) is 8.52. The molecule has 0 saturated heterocycles. The fourth-order valence-corrected chi connectivity index (χ4v) is 2.50. The minimum atomic E-state index is 0.731. The maximum absolute atomic E-state index is 5.74. The molecule has 0 saturated carbocycles. The molecule has 1 aromatic carbocycles. The van der Waals surface area contributed by atoms with E-state index in [0.29, 0.717) is 0 Å². The molecule has 21 heavy (non-hydrogen) atoms. The van der Waals surface area contributed by atoms with Gasteiger partial charge in [0.25, 0.3) is 0 Å². The van der Waals surface area contributed by atoms with Gasteiger partial charge in [-0.2, -0.15) is 0 Å². The zero-order chi connectivity index (χ0) is 15.7. The molecule has 0 heterocycles. The summed E-state index contributed by atoms with van der Waals surface area (Å²) in [6.07, 6.45) is 3.53. The molecule has 0 aliphatic rings. The highest BCUT2D eigenvalue weighted by Crippen LogP contribution is 2.15. The number of nitrogens with zero attached hydrogens (tertiary/aromatic N) is 1. The van der Waals surface area contributed by atoms with Gasteiger partial charge in [-0.25, -0.2) is 0 Å². The normalized spacial score (nSPS) is 11.8.